The van der Waals surface area contributed by atoms with Gasteiger partial charge < -0.3 is 10.3 Å². The SMILES string of the molecule is O=[N+]([O-])c1ccc(CNc2nc3ccc(F)cc3[nH]2)cc1. The van der Waals surface area contributed by atoms with Crippen molar-refractivity contribution < 1.29 is 9.31 Å². The Morgan fingerprint density at radius 2 is 2.00 bits per heavy atom. The lowest BCUT2D eigenvalue weighted by Crippen LogP contribution is -2.00. The maximum atomic E-state index is 13.1. The summed E-state index contributed by atoms with van der Waals surface area (Å²) in [4.78, 5) is 17.4. The van der Waals surface area contributed by atoms with Gasteiger partial charge in [0.1, 0.15) is 5.82 Å². The highest BCUT2D eigenvalue weighted by Crippen LogP contribution is 2.17. The van der Waals surface area contributed by atoms with Gasteiger partial charge in [0.25, 0.3) is 5.69 Å². The van der Waals surface area contributed by atoms with Crippen molar-refractivity contribution in [1.29, 1.82) is 0 Å². The number of aromatic nitrogens is 2. The quantitative estimate of drug-likeness (QED) is 0.569. The normalized spacial score (nSPS) is 10.7. The minimum Gasteiger partial charge on any atom is -0.352 e. The van der Waals surface area contributed by atoms with Crippen LogP contribution in [0.25, 0.3) is 11.0 Å². The van der Waals surface area contributed by atoms with Crippen LogP contribution in [-0.2, 0) is 6.54 Å². The topological polar surface area (TPSA) is 83.8 Å². The van der Waals surface area contributed by atoms with E-state index >= 15 is 0 Å². The molecule has 0 spiro atoms. The molecule has 7 heteroatoms. The third-order valence-electron chi connectivity index (χ3n) is 3.05. The number of imidazole rings is 1. The van der Waals surface area contributed by atoms with E-state index in [1.807, 2.05) is 0 Å². The number of anilines is 1. The second kappa shape index (κ2) is 5.20. The number of nitrogens with one attached hydrogen (secondary N) is 2. The summed E-state index contributed by atoms with van der Waals surface area (Å²) in [6, 6.07) is 10.6. The second-order valence-corrected chi connectivity index (χ2v) is 4.52. The molecule has 2 N–H and O–H groups in total. The van der Waals surface area contributed by atoms with Crippen LogP contribution in [0.4, 0.5) is 16.0 Å². The number of benzene rings is 2. The number of hydrogen-bond donors (Lipinski definition) is 2. The molecule has 0 saturated carbocycles. The molecule has 6 nitrogen and oxygen atoms in total. The van der Waals surface area contributed by atoms with Crippen LogP contribution in [0.5, 0.6) is 0 Å². The Balaban J connectivity index is 1.72. The second-order valence-electron chi connectivity index (χ2n) is 4.52. The van der Waals surface area contributed by atoms with Crippen LogP contribution >= 0.6 is 0 Å². The molecule has 0 atom stereocenters. The Bertz CT molecular complexity index is 798. The van der Waals surface area contributed by atoms with Crippen LogP contribution < -0.4 is 5.32 Å². The van der Waals surface area contributed by atoms with E-state index in [2.05, 4.69) is 15.3 Å². The average Bonchev–Trinajstić information content (AvgIpc) is 2.87. The zero-order valence-corrected chi connectivity index (χ0v) is 10.8. The molecule has 0 amide bonds. The molecule has 21 heavy (non-hydrogen) atoms. The molecule has 2 aromatic carbocycles. The number of hydrogen-bond acceptors (Lipinski definition) is 4. The Kier molecular flexibility index (Phi) is 3.23. The lowest BCUT2D eigenvalue weighted by atomic mass is 10.2. The lowest BCUT2D eigenvalue weighted by Gasteiger charge is -2.02. The number of nitro groups is 1. The summed E-state index contributed by atoms with van der Waals surface area (Å²) < 4.78 is 13.1. The summed E-state index contributed by atoms with van der Waals surface area (Å²) in [5, 5.41) is 13.6. The van der Waals surface area contributed by atoms with Crippen molar-refractivity contribution in [2.75, 3.05) is 5.32 Å². The van der Waals surface area contributed by atoms with Crippen molar-refractivity contribution in [3.05, 3.63) is 64.0 Å². The molecule has 0 aliphatic carbocycles. The standard InChI is InChI=1S/C14H11FN4O2/c15-10-3-6-12-13(7-10)18-14(17-12)16-8-9-1-4-11(5-2-9)19(20)21/h1-7H,8H2,(H2,16,17,18). The van der Waals surface area contributed by atoms with Gasteiger partial charge in [0.05, 0.1) is 16.0 Å². The summed E-state index contributed by atoms with van der Waals surface area (Å²) in [5.74, 6) is 0.196. The molecule has 3 rings (SSSR count). The van der Waals surface area contributed by atoms with E-state index in [9.17, 15) is 14.5 Å². The molecule has 1 heterocycles. The van der Waals surface area contributed by atoms with E-state index in [-0.39, 0.29) is 11.5 Å². The first kappa shape index (κ1) is 13.0. The zero-order valence-electron chi connectivity index (χ0n) is 10.8. The van der Waals surface area contributed by atoms with Gasteiger partial charge in [-0.25, -0.2) is 9.37 Å². The summed E-state index contributed by atoms with van der Waals surface area (Å²) in [5.41, 5.74) is 2.22. The molecule has 106 valence electrons. The molecule has 0 radical (unpaired) electrons. The molecule has 0 aliphatic heterocycles. The minimum absolute atomic E-state index is 0.0537. The van der Waals surface area contributed by atoms with Crippen LogP contribution in [0, 0.1) is 15.9 Å². The highest BCUT2D eigenvalue weighted by Gasteiger charge is 2.05. The Labute approximate surface area is 118 Å². The van der Waals surface area contributed by atoms with Crippen LogP contribution in [-0.4, -0.2) is 14.9 Å². The summed E-state index contributed by atoms with van der Waals surface area (Å²) in [6.45, 7) is 0.459. The van der Waals surface area contributed by atoms with Crippen molar-refractivity contribution in [1.82, 2.24) is 9.97 Å². The monoisotopic (exact) mass is 286 g/mol. The first-order valence-electron chi connectivity index (χ1n) is 6.24. The highest BCUT2D eigenvalue weighted by molar-refractivity contribution is 5.77. The third-order valence-corrected chi connectivity index (χ3v) is 3.05. The number of halogens is 1. The van der Waals surface area contributed by atoms with Crippen molar-refractivity contribution >= 4 is 22.7 Å². The van der Waals surface area contributed by atoms with Crippen molar-refractivity contribution in [3.8, 4) is 0 Å². The fourth-order valence-corrected chi connectivity index (χ4v) is 1.99. The van der Waals surface area contributed by atoms with Gasteiger partial charge >= 0.3 is 0 Å². The van der Waals surface area contributed by atoms with E-state index < -0.39 is 4.92 Å². The molecule has 0 bridgehead atoms. The smallest absolute Gasteiger partial charge is 0.269 e. The van der Waals surface area contributed by atoms with Gasteiger partial charge in [-0.3, -0.25) is 10.1 Å². The molecular weight excluding hydrogens is 275 g/mol. The Morgan fingerprint density at radius 1 is 1.24 bits per heavy atom. The molecule has 1 aromatic heterocycles. The maximum Gasteiger partial charge on any atom is 0.269 e. The first-order chi connectivity index (χ1) is 10.1. The van der Waals surface area contributed by atoms with Gasteiger partial charge in [0, 0.05) is 18.7 Å². The van der Waals surface area contributed by atoms with Gasteiger partial charge in [-0.1, -0.05) is 12.1 Å². The average molecular weight is 286 g/mol. The van der Waals surface area contributed by atoms with Gasteiger partial charge in [0.15, 0.2) is 0 Å². The highest BCUT2D eigenvalue weighted by atomic mass is 19.1. The lowest BCUT2D eigenvalue weighted by molar-refractivity contribution is -0.384. The summed E-state index contributed by atoms with van der Waals surface area (Å²) in [6.07, 6.45) is 0. The van der Waals surface area contributed by atoms with Crippen LogP contribution in [0.3, 0.4) is 0 Å². The van der Waals surface area contributed by atoms with Crippen molar-refractivity contribution in [3.63, 3.8) is 0 Å². The van der Waals surface area contributed by atoms with Gasteiger partial charge in [-0.15, -0.1) is 0 Å². The summed E-state index contributed by atoms with van der Waals surface area (Å²) >= 11 is 0. The predicted molar refractivity (Wildman–Crippen MR) is 76.5 cm³/mol. The van der Waals surface area contributed by atoms with E-state index in [4.69, 9.17) is 0 Å². The number of nitrogens with zero attached hydrogens (tertiary/aromatic N) is 2. The number of rotatable bonds is 4. The van der Waals surface area contributed by atoms with Crippen molar-refractivity contribution in [2.45, 2.75) is 6.54 Å². The number of aromatic amines is 1. The van der Waals surface area contributed by atoms with Gasteiger partial charge in [-0.2, -0.15) is 0 Å². The van der Waals surface area contributed by atoms with Gasteiger partial charge in [0.2, 0.25) is 5.95 Å². The van der Waals surface area contributed by atoms with E-state index in [0.29, 0.717) is 23.5 Å². The number of fused-ring (bicyclic) bond motifs is 1. The molecule has 0 aliphatic rings. The van der Waals surface area contributed by atoms with Gasteiger partial charge in [-0.05, 0) is 23.8 Å². The Morgan fingerprint density at radius 3 is 2.71 bits per heavy atom. The van der Waals surface area contributed by atoms with E-state index in [1.54, 1.807) is 18.2 Å². The number of nitro benzene ring substituents is 1. The predicted octanol–water partition coefficient (Wildman–Crippen LogP) is 3.22. The fourth-order valence-electron chi connectivity index (χ4n) is 1.99. The third kappa shape index (κ3) is 2.81. The largest absolute Gasteiger partial charge is 0.352 e. The Hall–Kier alpha value is -2.96. The van der Waals surface area contributed by atoms with Crippen molar-refractivity contribution in [2.24, 2.45) is 0 Å². The molecular formula is C14H11FN4O2. The van der Waals surface area contributed by atoms with Crippen LogP contribution in [0.1, 0.15) is 5.56 Å². The number of non-ortho nitro benzene ring substituents is 1. The minimum atomic E-state index is -0.439. The van der Waals surface area contributed by atoms with E-state index in [0.717, 1.165) is 5.56 Å². The molecule has 0 unspecified atom stereocenters. The van der Waals surface area contributed by atoms with Crippen LogP contribution in [0.15, 0.2) is 42.5 Å². The maximum absolute atomic E-state index is 13.1. The summed E-state index contributed by atoms with van der Waals surface area (Å²) in [7, 11) is 0. The van der Waals surface area contributed by atoms with E-state index in [1.165, 1.54) is 24.3 Å². The molecule has 0 saturated heterocycles. The molecule has 3 aromatic rings. The zero-order chi connectivity index (χ0) is 14.8. The number of H-pyrrole nitrogens is 1. The first-order valence-corrected chi connectivity index (χ1v) is 6.24. The van der Waals surface area contributed by atoms with Crippen LogP contribution in [0.2, 0.25) is 0 Å². The molecule has 0 fully saturated rings. The fraction of sp³-hybridized carbons (Fsp3) is 0.0714.